The van der Waals surface area contributed by atoms with Gasteiger partial charge in [-0.25, -0.2) is 0 Å². The average molecular weight is 777 g/mol. The van der Waals surface area contributed by atoms with Gasteiger partial charge in [-0.1, -0.05) is 213 Å². The van der Waals surface area contributed by atoms with Crippen LogP contribution in [-0.4, -0.2) is 37.2 Å². The predicted molar refractivity (Wildman–Crippen MR) is 233 cm³/mol. The van der Waals surface area contributed by atoms with Crippen molar-refractivity contribution < 1.29 is 28.6 Å². The lowest BCUT2D eigenvalue weighted by molar-refractivity contribution is -0.167. The third-order valence-corrected chi connectivity index (χ3v) is 10.8. The fourth-order valence-corrected chi connectivity index (χ4v) is 7.08. The van der Waals surface area contributed by atoms with Crippen molar-refractivity contribution in [3.63, 3.8) is 0 Å². The van der Waals surface area contributed by atoms with E-state index < -0.39 is 6.10 Å². The maximum atomic E-state index is 12.7. The van der Waals surface area contributed by atoms with Crippen molar-refractivity contribution in [3.05, 3.63) is 12.2 Å². The number of carbonyl (C=O) groups is 3. The van der Waals surface area contributed by atoms with Crippen LogP contribution < -0.4 is 0 Å². The van der Waals surface area contributed by atoms with Crippen molar-refractivity contribution >= 4 is 17.9 Å². The number of ether oxygens (including phenoxy) is 3. The van der Waals surface area contributed by atoms with E-state index in [1.807, 2.05) is 0 Å². The molecule has 0 radical (unpaired) electrons. The van der Waals surface area contributed by atoms with Crippen molar-refractivity contribution in [2.75, 3.05) is 13.2 Å². The van der Waals surface area contributed by atoms with Crippen molar-refractivity contribution in [2.24, 2.45) is 0 Å². The number of rotatable bonds is 44. The van der Waals surface area contributed by atoms with E-state index in [-0.39, 0.29) is 31.1 Å². The molecule has 0 amide bonds. The Kier molecular flexibility index (Phi) is 43.4. The second-order valence-electron chi connectivity index (χ2n) is 16.4. The van der Waals surface area contributed by atoms with E-state index in [4.69, 9.17) is 14.2 Å². The molecule has 6 heteroatoms. The molecule has 0 spiro atoms. The van der Waals surface area contributed by atoms with Gasteiger partial charge in [0.05, 0.1) is 0 Å². The Morgan fingerprint density at radius 1 is 0.345 bits per heavy atom. The molecule has 0 saturated carbocycles. The highest BCUT2D eigenvalue weighted by Gasteiger charge is 2.19. The van der Waals surface area contributed by atoms with Gasteiger partial charge in [-0.2, -0.15) is 0 Å². The number of unbranched alkanes of at least 4 members (excludes halogenated alkanes) is 31. The van der Waals surface area contributed by atoms with Crippen LogP contribution in [0.25, 0.3) is 0 Å². The fraction of sp³-hybridized carbons (Fsp3) is 0.898. The van der Waals surface area contributed by atoms with Crippen LogP contribution in [0.1, 0.15) is 265 Å². The Hall–Kier alpha value is -1.85. The zero-order valence-electron chi connectivity index (χ0n) is 37.0. The van der Waals surface area contributed by atoms with E-state index in [9.17, 15) is 14.4 Å². The van der Waals surface area contributed by atoms with Crippen molar-refractivity contribution in [3.8, 4) is 0 Å². The van der Waals surface area contributed by atoms with Crippen LogP contribution in [0, 0.1) is 0 Å². The summed E-state index contributed by atoms with van der Waals surface area (Å²) in [7, 11) is 0. The molecule has 0 unspecified atom stereocenters. The Balaban J connectivity index is 4.33. The minimum atomic E-state index is -0.764. The quantitative estimate of drug-likeness (QED) is 0.0265. The smallest absolute Gasteiger partial charge is 0.306 e. The number of hydrogen-bond acceptors (Lipinski definition) is 6. The fourth-order valence-electron chi connectivity index (χ4n) is 7.08. The standard InChI is InChI=1S/C49H92O6/c1-4-7-10-13-16-19-22-24-27-29-32-35-38-41-47(50)53-44-46(55-49(52)43-40-37-34-31-26-21-18-15-12-9-6-3)45-54-48(51)42-39-36-33-30-28-25-23-20-17-14-11-8-5-2/h19,22,46H,4-18,20-21,23-45H2,1-3H3/b22-19-/t46-/m1/s1. The first-order valence-electron chi connectivity index (χ1n) is 24.2. The van der Waals surface area contributed by atoms with E-state index in [2.05, 4.69) is 32.9 Å². The summed E-state index contributed by atoms with van der Waals surface area (Å²) in [5, 5.41) is 0. The molecule has 324 valence electrons. The third-order valence-electron chi connectivity index (χ3n) is 10.8. The Bertz CT molecular complexity index is 854. The summed E-state index contributed by atoms with van der Waals surface area (Å²) in [5.41, 5.74) is 0. The highest BCUT2D eigenvalue weighted by atomic mass is 16.6. The van der Waals surface area contributed by atoms with E-state index in [0.29, 0.717) is 19.3 Å². The molecular weight excluding hydrogens is 685 g/mol. The van der Waals surface area contributed by atoms with Crippen LogP contribution in [0.2, 0.25) is 0 Å². The summed E-state index contributed by atoms with van der Waals surface area (Å²) < 4.78 is 16.7. The van der Waals surface area contributed by atoms with Crippen molar-refractivity contribution in [2.45, 2.75) is 271 Å². The molecule has 0 aromatic rings. The number of allylic oxidation sites excluding steroid dienone is 2. The average Bonchev–Trinajstić information content (AvgIpc) is 3.18. The number of esters is 3. The van der Waals surface area contributed by atoms with Crippen LogP contribution in [-0.2, 0) is 28.6 Å². The molecule has 6 nitrogen and oxygen atoms in total. The number of carbonyl (C=O) groups excluding carboxylic acids is 3. The maximum absolute atomic E-state index is 12.7. The topological polar surface area (TPSA) is 78.9 Å². The van der Waals surface area contributed by atoms with Crippen LogP contribution in [0.3, 0.4) is 0 Å². The third kappa shape index (κ3) is 43.1. The van der Waals surface area contributed by atoms with Gasteiger partial charge in [-0.15, -0.1) is 0 Å². The molecule has 1 atom stereocenters. The molecule has 0 aromatic heterocycles. The normalized spacial score (nSPS) is 12.0. The number of hydrogen-bond donors (Lipinski definition) is 0. The Labute approximate surface area is 341 Å². The largest absolute Gasteiger partial charge is 0.462 e. The first kappa shape index (κ1) is 53.1. The lowest BCUT2D eigenvalue weighted by Crippen LogP contribution is -2.30. The van der Waals surface area contributed by atoms with E-state index in [1.54, 1.807) is 0 Å². The van der Waals surface area contributed by atoms with Gasteiger partial charge in [0.1, 0.15) is 13.2 Å². The van der Waals surface area contributed by atoms with Crippen LogP contribution in [0.4, 0.5) is 0 Å². The lowest BCUT2D eigenvalue weighted by atomic mass is 10.0. The SMILES string of the molecule is CCCCCC/C=C\CCCCCCCC(=O)OC[C@H](COC(=O)CCCCCCCCCCCCCCC)OC(=O)CCCCCCCCCCCCC. The first-order valence-corrected chi connectivity index (χ1v) is 24.2. The van der Waals surface area contributed by atoms with Crippen LogP contribution in [0.5, 0.6) is 0 Å². The second-order valence-corrected chi connectivity index (χ2v) is 16.4. The zero-order chi connectivity index (χ0) is 40.1. The molecule has 55 heavy (non-hydrogen) atoms. The summed E-state index contributed by atoms with van der Waals surface area (Å²) in [6.07, 6.45) is 47.6. The van der Waals surface area contributed by atoms with E-state index in [1.165, 1.54) is 161 Å². The maximum Gasteiger partial charge on any atom is 0.306 e. The highest BCUT2D eigenvalue weighted by molar-refractivity contribution is 5.71. The molecule has 0 saturated heterocycles. The summed E-state index contributed by atoms with van der Waals surface area (Å²) in [5.74, 6) is -0.866. The Morgan fingerprint density at radius 3 is 0.927 bits per heavy atom. The summed E-state index contributed by atoms with van der Waals surface area (Å²) in [6.45, 7) is 6.63. The Morgan fingerprint density at radius 2 is 0.600 bits per heavy atom. The van der Waals surface area contributed by atoms with Gasteiger partial charge >= 0.3 is 17.9 Å². The van der Waals surface area contributed by atoms with Gasteiger partial charge in [0.15, 0.2) is 6.10 Å². The minimum Gasteiger partial charge on any atom is -0.462 e. The van der Waals surface area contributed by atoms with Gasteiger partial charge in [0.2, 0.25) is 0 Å². The van der Waals surface area contributed by atoms with Gasteiger partial charge in [0.25, 0.3) is 0 Å². The molecule has 0 bridgehead atoms. The summed E-state index contributed by atoms with van der Waals surface area (Å²) in [6, 6.07) is 0. The van der Waals surface area contributed by atoms with Gasteiger partial charge < -0.3 is 14.2 Å². The van der Waals surface area contributed by atoms with Crippen LogP contribution in [0.15, 0.2) is 12.2 Å². The monoisotopic (exact) mass is 777 g/mol. The van der Waals surface area contributed by atoms with Gasteiger partial charge in [0, 0.05) is 19.3 Å². The molecule has 0 heterocycles. The molecule has 0 aromatic carbocycles. The molecule has 0 aliphatic heterocycles. The second kappa shape index (κ2) is 44.9. The van der Waals surface area contributed by atoms with E-state index >= 15 is 0 Å². The minimum absolute atomic E-state index is 0.0677. The van der Waals surface area contributed by atoms with Gasteiger partial charge in [-0.3, -0.25) is 14.4 Å². The van der Waals surface area contributed by atoms with E-state index in [0.717, 1.165) is 64.2 Å². The molecule has 0 fully saturated rings. The molecular formula is C49H92O6. The van der Waals surface area contributed by atoms with Crippen molar-refractivity contribution in [1.29, 1.82) is 0 Å². The molecule has 0 rings (SSSR count). The molecule has 0 aliphatic rings. The molecule has 0 aliphatic carbocycles. The predicted octanol–water partition coefficient (Wildman–Crippen LogP) is 15.4. The lowest BCUT2D eigenvalue weighted by Gasteiger charge is -2.18. The zero-order valence-corrected chi connectivity index (χ0v) is 37.0. The highest BCUT2D eigenvalue weighted by Crippen LogP contribution is 2.15. The summed E-state index contributed by atoms with van der Waals surface area (Å²) in [4.78, 5) is 37.8. The van der Waals surface area contributed by atoms with Crippen LogP contribution >= 0.6 is 0 Å². The molecule has 0 N–H and O–H groups in total. The first-order chi connectivity index (χ1) is 27.0. The summed E-state index contributed by atoms with van der Waals surface area (Å²) >= 11 is 0. The van der Waals surface area contributed by atoms with Gasteiger partial charge in [-0.05, 0) is 44.9 Å². The van der Waals surface area contributed by atoms with Crippen molar-refractivity contribution in [1.82, 2.24) is 0 Å².